The highest BCUT2D eigenvalue weighted by atomic mass is 32.1. The number of hydrogen-bond donors (Lipinski definition) is 13. The van der Waals surface area contributed by atoms with Gasteiger partial charge in [0, 0.05) is 137 Å². The van der Waals surface area contributed by atoms with Crippen LogP contribution in [0.15, 0.2) is 165 Å². The number of carbonyl (C=O) groups excluding carboxylic acids is 4. The number of nitrogens with one attached hydrogen (secondary N) is 12. The largest absolute Gasteiger partial charge is 0.425 e. The van der Waals surface area contributed by atoms with Crippen LogP contribution in [0.4, 0.5) is 73.7 Å². The minimum atomic E-state index is -0.640. The maximum atomic E-state index is 14.4. The Kier molecular flexibility index (Phi) is 27.9. The topological polar surface area (TPSA) is 535 Å². The maximum Gasteiger partial charge on any atom is 0.281 e. The number of aryl methyl sites for hydroxylation is 3. The molecule has 5 fully saturated rings. The summed E-state index contributed by atoms with van der Waals surface area (Å²) in [5.41, 5.74) is 2.59. The first-order chi connectivity index (χ1) is 66.8. The molecule has 5 aliphatic carbocycles. The average molecular weight is 1910 g/mol. The Balaban J connectivity index is 0.000000127. The van der Waals surface area contributed by atoms with Crippen LogP contribution in [-0.2, 0) is 26.0 Å². The number of aromatic nitrogens is 20. The second kappa shape index (κ2) is 40.9. The highest BCUT2D eigenvalue weighted by Crippen LogP contribution is 2.34. The van der Waals surface area contributed by atoms with E-state index in [9.17, 15) is 47.9 Å². The van der Waals surface area contributed by atoms with Crippen molar-refractivity contribution in [2.75, 3.05) is 99.2 Å². The van der Waals surface area contributed by atoms with Crippen LogP contribution in [0.3, 0.4) is 0 Å². The summed E-state index contributed by atoms with van der Waals surface area (Å²) in [5.74, 6) is 2.74. The Hall–Kier alpha value is -15.7. The van der Waals surface area contributed by atoms with Crippen molar-refractivity contribution in [3.63, 3.8) is 0 Å². The van der Waals surface area contributed by atoms with Gasteiger partial charge in [0.2, 0.25) is 11.8 Å². The molecule has 0 aliphatic heterocycles. The van der Waals surface area contributed by atoms with E-state index >= 15 is 0 Å². The fraction of sp³-hybridized carbons (Fsp3) is 0.367. The third kappa shape index (κ3) is 19.4. The molecule has 0 unspecified atom stereocenters. The summed E-state index contributed by atoms with van der Waals surface area (Å²) in [7, 11) is 15.0. The van der Waals surface area contributed by atoms with Gasteiger partial charge in [0.05, 0.1) is 91.9 Å². The van der Waals surface area contributed by atoms with Crippen molar-refractivity contribution in [2.45, 2.75) is 152 Å². The molecule has 138 heavy (non-hydrogen) atoms. The molecule has 720 valence electrons. The van der Waals surface area contributed by atoms with Crippen LogP contribution in [0.1, 0.15) is 135 Å². The van der Waals surface area contributed by atoms with Crippen molar-refractivity contribution in [1.29, 1.82) is 0 Å². The minimum absolute atomic E-state index is 0.0104. The van der Waals surface area contributed by atoms with E-state index in [4.69, 9.17) is 23.4 Å². The number of methoxy groups -OCH3 is 4. The molecule has 15 aromatic rings. The normalized spacial score (nSPS) is 19.1. The van der Waals surface area contributed by atoms with Gasteiger partial charge in [-0.15, -0.1) is 11.3 Å². The molecule has 48 heteroatoms. The summed E-state index contributed by atoms with van der Waals surface area (Å²) in [6.45, 7) is 3.63. The zero-order valence-electron chi connectivity index (χ0n) is 77.0. The van der Waals surface area contributed by atoms with E-state index in [-0.39, 0.29) is 123 Å². The van der Waals surface area contributed by atoms with Crippen LogP contribution < -0.4 is 86.0 Å². The number of hydrogen-bond acceptors (Lipinski definition) is 34. The van der Waals surface area contributed by atoms with Crippen molar-refractivity contribution < 1.29 is 52.0 Å². The number of nitrogens with zero attached hydrogens (tertiary/aromatic N) is 20. The number of carbonyl (C=O) groups is 4. The lowest BCUT2D eigenvalue weighted by Crippen LogP contribution is -2.51. The summed E-state index contributed by atoms with van der Waals surface area (Å²) in [6, 6.07) is 20.0. The van der Waals surface area contributed by atoms with Gasteiger partial charge in [-0.1, -0.05) is 0 Å². The van der Waals surface area contributed by atoms with E-state index in [1.807, 2.05) is 19.2 Å². The number of halogens is 1. The molecule has 4 amide bonds. The first kappa shape index (κ1) is 94.1. The first-order valence-electron chi connectivity index (χ1n) is 44.6. The van der Waals surface area contributed by atoms with Crippen LogP contribution in [0.25, 0.3) is 39.3 Å². The number of aliphatic hydroxyl groups is 1. The van der Waals surface area contributed by atoms with Gasteiger partial charge < -0.3 is 96.8 Å². The molecule has 13 N–H and O–H groups in total. The Morgan fingerprint density at radius 1 is 0.449 bits per heavy atom. The minimum Gasteiger partial charge on any atom is -0.425 e. The number of thiazole rings is 1. The predicted octanol–water partition coefficient (Wildman–Crippen LogP) is 7.71. The molecule has 5 aliphatic rings. The monoisotopic (exact) mass is 1910 g/mol. The quantitative estimate of drug-likeness (QED) is 0.0223. The molecule has 0 spiro atoms. The molecule has 0 aromatic carbocycles. The molecule has 0 radical (unpaired) electrons. The zero-order valence-corrected chi connectivity index (χ0v) is 77.8. The number of aliphatic hydroxyl groups excluding tert-OH is 1. The zero-order chi connectivity index (χ0) is 96.9. The highest BCUT2D eigenvalue weighted by molar-refractivity contribution is 7.14. The van der Waals surface area contributed by atoms with E-state index < -0.39 is 17.6 Å². The third-order valence-corrected chi connectivity index (χ3v) is 25.8. The fourth-order valence-electron chi connectivity index (χ4n) is 16.6. The molecule has 0 bridgehead atoms. The number of anilines is 12. The maximum absolute atomic E-state index is 14.4. The molecule has 15 heterocycles. The van der Waals surface area contributed by atoms with Crippen molar-refractivity contribution in [3.05, 3.63) is 221 Å². The number of rotatable bonds is 28. The van der Waals surface area contributed by atoms with E-state index in [2.05, 4.69) is 119 Å². The second-order valence-electron chi connectivity index (χ2n) is 33.3. The average Bonchev–Trinajstić information content (AvgIpc) is 1.65. The smallest absolute Gasteiger partial charge is 0.281 e. The molecule has 0 saturated heterocycles. The summed E-state index contributed by atoms with van der Waals surface area (Å²) in [5, 5.41) is 67.7. The van der Waals surface area contributed by atoms with Gasteiger partial charge in [0.25, 0.3) is 45.9 Å². The Bertz CT molecular complexity index is 7310. The Morgan fingerprint density at radius 3 is 1.19 bits per heavy atom. The van der Waals surface area contributed by atoms with Crippen LogP contribution in [0.5, 0.6) is 0 Å². The van der Waals surface area contributed by atoms with Crippen LogP contribution in [0.2, 0.25) is 0 Å². The summed E-state index contributed by atoms with van der Waals surface area (Å²) in [6.07, 6.45) is 27.0. The lowest BCUT2D eigenvalue weighted by atomic mass is 9.89. The van der Waals surface area contributed by atoms with Gasteiger partial charge in [-0.2, -0.15) is 47.9 Å². The van der Waals surface area contributed by atoms with Crippen molar-refractivity contribution in [3.8, 4) is 16.7 Å². The summed E-state index contributed by atoms with van der Waals surface area (Å²) in [4.78, 5) is 132. The summed E-state index contributed by atoms with van der Waals surface area (Å²) >= 11 is 1.42. The lowest BCUT2D eigenvalue weighted by molar-refractivity contribution is 0.00731. The van der Waals surface area contributed by atoms with Crippen molar-refractivity contribution in [1.82, 2.24) is 118 Å². The molecule has 5 saturated carbocycles. The van der Waals surface area contributed by atoms with Gasteiger partial charge in [-0.25, -0.2) is 34.6 Å². The molecule has 20 rings (SSSR count). The van der Waals surface area contributed by atoms with Gasteiger partial charge in [-0.05, 0) is 133 Å². The Morgan fingerprint density at radius 2 is 0.841 bits per heavy atom. The van der Waals surface area contributed by atoms with Crippen molar-refractivity contribution in [2.24, 2.45) is 7.05 Å². The van der Waals surface area contributed by atoms with Crippen LogP contribution >= 0.6 is 11.3 Å². The van der Waals surface area contributed by atoms with Crippen LogP contribution in [-0.4, -0.2) is 236 Å². The fourth-order valence-corrected chi connectivity index (χ4v) is 17.4. The molecular weight excluding hydrogens is 1800 g/mol. The molecule has 46 nitrogen and oxygen atoms in total. The number of ether oxygens (including phenoxy) is 4. The SMILES string of the molecule is CNc1cc(Nc2cccn(-c3cnc(C)o3)c2=O)nc2c(C(=O)N[C@@H]3CC[C@H]3OC)cnn12.CNc1cc(Nc2cccn(-c3cnn(C)c3F)c2=O)nc2c(C(=O)N[C@H]3CC[C@@H]3OC)cnn12.CNc1cc(Nc2cccn(-c3ncc(C)s3)c2=O)nc2c(C(=O)N[C@@H]3CC[C@@H]3O)cnn12.CNc1cc(Nc2cccn([C@@H]3CCC[C@H](OC)C3)c2=O)nc2c(C(=O)N[C@@H]3CC[C@H]3OC)cnn12. The van der Waals surface area contributed by atoms with E-state index in [0.717, 1.165) is 84.8 Å². The van der Waals surface area contributed by atoms with Gasteiger partial charge in [0.1, 0.15) is 97.2 Å². The van der Waals surface area contributed by atoms with Gasteiger partial charge in [0.15, 0.2) is 33.6 Å². The molecular formula is C90H103FN32O14S. The molecule has 15 aromatic heterocycles. The standard InChI is InChI=1S/C25H33N7O4.C22H24FN9O3.C22H24N8O4.C21H22N8O3S/c1-26-22-13-21(28-19-8-5-11-31(25(19)34)15-6-4-7-16(12-15)35-2)30-23-17(14-27-32(22)23)24(33)29-18-9-10-20(18)36-3;1-24-18-9-17(27-14-5-4-8-31(22(14)34)15-11-25-30(2)19(15)23)29-20-12(10-26-32(18)20)21(33)28-13-6-7-16(13)35-3;1-12-24-11-19(34-12)29-8-4-5-15(22(29)32)26-17-9-18(23-2)30-20(28-17)13(10-25-30)21(31)27-14-6-7-16(14)33-3;1-11-9-23-21(33-11)28-7-3-4-14(20(28)32)25-16-8-17(22-2)29-18(27-16)12(10-24-29)19(31)26-13-5-6-15(13)30/h5,8,11,13-16,18,20,26H,4,6-7,9-10,12H2,1-3H3,(H,28,30)(H,29,33);4-5,8-11,13,16,24H,6-7H2,1-3H3,(H,27,29)(H,28,33);4-5,8-11,14,16,23H,6-7H2,1-3H3,(H,26,28)(H,27,31);3-4,7-10,13,15,22,30H,5-6H2,1-2H3,(H,25,27)(H,26,31)/t15-,16+,18-,20-;13-,16-;14-,16-;13-,15+/m1011/s1. The first-order valence-corrected chi connectivity index (χ1v) is 45.4. The van der Waals surface area contributed by atoms with Crippen LogP contribution in [0, 0.1) is 19.8 Å². The van der Waals surface area contributed by atoms with E-state index in [1.165, 1.54) is 84.4 Å². The lowest BCUT2D eigenvalue weighted by Gasteiger charge is -2.35. The predicted molar refractivity (Wildman–Crippen MR) is 511 cm³/mol. The van der Waals surface area contributed by atoms with E-state index in [0.29, 0.717) is 115 Å². The summed E-state index contributed by atoms with van der Waals surface area (Å²) < 4.78 is 54.4. The number of amides is 4. The van der Waals surface area contributed by atoms with Gasteiger partial charge in [-0.3, -0.25) is 52.1 Å². The number of pyridine rings is 4. The third-order valence-electron chi connectivity index (χ3n) is 24.9. The van der Waals surface area contributed by atoms with Gasteiger partial charge >= 0.3 is 0 Å². The molecule has 10 atom stereocenters. The number of oxazole rings is 1. The number of fused-ring (bicyclic) bond motifs is 4. The van der Waals surface area contributed by atoms with E-state index in [1.54, 1.807) is 158 Å². The second-order valence-corrected chi connectivity index (χ2v) is 34.5. The highest BCUT2D eigenvalue weighted by Gasteiger charge is 2.38. The Labute approximate surface area is 788 Å². The van der Waals surface area contributed by atoms with Crippen molar-refractivity contribution >= 4 is 127 Å².